The number of anilines is 6. The molecule has 0 spiro atoms. The number of hydrogen-bond acceptors (Lipinski definition) is 18. The Bertz CT molecular complexity index is 3490. The maximum Gasteiger partial charge on any atom is 0.171 e. The number of carbonyl (C=O) groups excluding carboxylic acids is 1. The van der Waals surface area contributed by atoms with Crippen LogP contribution in [-0.4, -0.2) is 76.5 Å². The Morgan fingerprint density at radius 3 is 1.17 bits per heavy atom. The van der Waals surface area contributed by atoms with E-state index in [1.54, 1.807) is 45.4 Å². The van der Waals surface area contributed by atoms with E-state index in [4.69, 9.17) is 19.3 Å². The Balaban J connectivity index is 0.000000128. The molecule has 376 valence electrons. The number of rotatable bonds is 15. The van der Waals surface area contributed by atoms with Crippen molar-refractivity contribution in [1.29, 1.82) is 0 Å². The molecule has 3 fully saturated rings. The summed E-state index contributed by atoms with van der Waals surface area (Å²) in [5.41, 5.74) is 5.11. The largest absolute Gasteiger partial charge is 0.388 e. The van der Waals surface area contributed by atoms with E-state index in [9.17, 15) is 15.0 Å². The molecule has 18 nitrogen and oxygen atoms in total. The first-order chi connectivity index (χ1) is 36.4. The topological polar surface area (TPSA) is 257 Å². The van der Waals surface area contributed by atoms with Gasteiger partial charge in [0.05, 0.1) is 48.4 Å². The molecule has 0 bridgehead atoms. The number of ketones is 1. The summed E-state index contributed by atoms with van der Waals surface area (Å²) in [5, 5.41) is 50.9. The van der Waals surface area contributed by atoms with Crippen molar-refractivity contribution >= 4 is 74.7 Å². The molecule has 0 aliphatic heterocycles. The summed E-state index contributed by atoms with van der Waals surface area (Å²) < 4.78 is 0. The minimum absolute atomic E-state index is 0.0268. The number of aromatic nitrogens is 12. The summed E-state index contributed by atoms with van der Waals surface area (Å²) in [7, 11) is 0. The fourth-order valence-corrected chi connectivity index (χ4v) is 10.1. The molecule has 12 rings (SSSR count). The second kappa shape index (κ2) is 22.0. The maximum atomic E-state index is 11.5. The third kappa shape index (κ3) is 12.2. The summed E-state index contributed by atoms with van der Waals surface area (Å²) in [5.74, 6) is 14.9. The van der Waals surface area contributed by atoms with Crippen molar-refractivity contribution in [2.24, 2.45) is 0 Å². The summed E-state index contributed by atoms with van der Waals surface area (Å²) in [6, 6.07) is 17.2. The van der Waals surface area contributed by atoms with E-state index in [1.165, 1.54) is 72.5 Å². The van der Waals surface area contributed by atoms with Gasteiger partial charge in [0.2, 0.25) is 0 Å². The van der Waals surface area contributed by atoms with E-state index in [0.29, 0.717) is 91.7 Å². The van der Waals surface area contributed by atoms with E-state index in [1.807, 2.05) is 48.5 Å². The summed E-state index contributed by atoms with van der Waals surface area (Å²) in [6.07, 6.45) is 27.8. The van der Waals surface area contributed by atoms with E-state index >= 15 is 0 Å². The fraction of sp³-hybridized carbons (Fsp3) is 0.259. The third-order valence-corrected chi connectivity index (χ3v) is 15.8. The number of hydrogen-bond donors (Lipinski definition) is 8. The van der Waals surface area contributed by atoms with Crippen LogP contribution in [0.1, 0.15) is 142 Å². The van der Waals surface area contributed by atoms with Gasteiger partial charge in [0.25, 0.3) is 0 Å². The van der Waals surface area contributed by atoms with Crippen LogP contribution in [0.15, 0.2) is 73.2 Å². The number of H-pyrrole nitrogens is 3. The molecule has 21 heteroatoms. The monoisotopic (exact) mass is 1050 g/mol. The van der Waals surface area contributed by atoms with Gasteiger partial charge in [0, 0.05) is 81.4 Å². The number of carbonyl (C=O) groups is 1. The highest BCUT2D eigenvalue weighted by atomic mass is 32.1. The average Bonchev–Trinajstić information content (AvgIpc) is 4.29. The molecule has 0 radical (unpaired) electrons. The highest BCUT2D eigenvalue weighted by Crippen LogP contribution is 2.42. The van der Waals surface area contributed by atoms with Crippen LogP contribution in [0.4, 0.5) is 34.9 Å². The van der Waals surface area contributed by atoms with Crippen molar-refractivity contribution in [3.63, 3.8) is 0 Å². The first kappa shape index (κ1) is 50.2. The first-order valence-electron chi connectivity index (χ1n) is 24.1. The average molecular weight is 1050 g/mol. The molecular formula is C54H49N15O3S3. The minimum atomic E-state index is -0.508. The summed E-state index contributed by atoms with van der Waals surface area (Å²) in [4.78, 5) is 43.1. The predicted octanol–water partition coefficient (Wildman–Crippen LogP) is 10.9. The van der Waals surface area contributed by atoms with Crippen LogP contribution < -0.4 is 16.0 Å². The smallest absolute Gasteiger partial charge is 0.171 e. The fourth-order valence-electron chi connectivity index (χ4n) is 7.52. The number of nitrogens with zero attached hydrogens (tertiary/aromatic N) is 9. The highest BCUT2D eigenvalue weighted by Gasteiger charge is 2.28. The third-order valence-electron chi connectivity index (χ3n) is 12.1. The molecule has 9 aromatic heterocycles. The van der Waals surface area contributed by atoms with Gasteiger partial charge in [0.1, 0.15) is 0 Å². The van der Waals surface area contributed by atoms with Crippen molar-refractivity contribution in [2.75, 3.05) is 16.0 Å². The molecule has 0 saturated heterocycles. The van der Waals surface area contributed by atoms with Gasteiger partial charge in [-0.15, -0.1) is 53.3 Å². The van der Waals surface area contributed by atoms with E-state index in [0.717, 1.165) is 41.5 Å². The number of terminal acetylenes is 3. The van der Waals surface area contributed by atoms with E-state index in [-0.39, 0.29) is 5.78 Å². The van der Waals surface area contributed by atoms with Crippen LogP contribution in [-0.2, 0) is 0 Å². The number of aromatic amines is 3. The Labute approximate surface area is 443 Å². The lowest BCUT2D eigenvalue weighted by molar-refractivity contribution is 0.102. The van der Waals surface area contributed by atoms with E-state index < -0.39 is 12.2 Å². The molecule has 8 N–H and O–H groups in total. The van der Waals surface area contributed by atoms with Gasteiger partial charge in [-0.25, -0.2) is 29.9 Å². The predicted molar refractivity (Wildman–Crippen MR) is 293 cm³/mol. The van der Waals surface area contributed by atoms with Crippen LogP contribution in [0.2, 0.25) is 0 Å². The van der Waals surface area contributed by atoms with Crippen LogP contribution in [0.25, 0.3) is 32.1 Å². The Morgan fingerprint density at radius 1 is 0.560 bits per heavy atom. The van der Waals surface area contributed by atoms with Crippen molar-refractivity contribution in [1.82, 2.24) is 60.5 Å². The number of aliphatic hydroxyl groups excluding tert-OH is 2. The Hall–Kier alpha value is -8.36. The second-order valence-corrected chi connectivity index (χ2v) is 21.4. The minimum Gasteiger partial charge on any atom is -0.388 e. The summed E-state index contributed by atoms with van der Waals surface area (Å²) in [6.45, 7) is 5.01. The molecule has 75 heavy (non-hydrogen) atoms. The second-order valence-electron chi connectivity index (χ2n) is 18.1. The molecule has 0 amide bonds. The molecule has 3 aliphatic rings. The molecule has 2 atom stereocenters. The molecular weight excluding hydrogens is 1000 g/mol. The molecule has 3 aliphatic carbocycles. The normalized spacial score (nSPS) is 14.4. The first-order valence-corrected chi connectivity index (χ1v) is 26.5. The number of Topliss-reactive ketones (excluding diaryl/α,β-unsaturated/α-hetero) is 1. The Morgan fingerprint density at radius 2 is 0.893 bits per heavy atom. The quantitative estimate of drug-likeness (QED) is 0.0351. The zero-order valence-electron chi connectivity index (χ0n) is 40.8. The van der Waals surface area contributed by atoms with Gasteiger partial charge in [-0.2, -0.15) is 15.3 Å². The standard InChI is InChI=1S/2C18H17N5OS.C18H15N5OS/c3*1-3-11-9-19-18(15-7-6-14(25-15)10(2)24)21-17(11)20-16-8-13(22-23-16)12-4-5-12/h2*1,6-10,12,24H,4-5H2,2H3,(H2,19,20,21,22,23);1,6-9,12H,4-5H2,2H3,(H2,19,20,21,22,23)/t2*10-;/m10./s1. The van der Waals surface area contributed by atoms with Gasteiger partial charge < -0.3 is 26.2 Å². The lowest BCUT2D eigenvalue weighted by Gasteiger charge is -2.06. The Kier molecular flexibility index (Phi) is 14.7. The zero-order chi connectivity index (χ0) is 52.2. The van der Waals surface area contributed by atoms with E-state index in [2.05, 4.69) is 94.2 Å². The molecule has 3 saturated carbocycles. The molecule has 9 heterocycles. The van der Waals surface area contributed by atoms with Crippen molar-refractivity contribution < 1.29 is 15.0 Å². The lowest BCUT2D eigenvalue weighted by atomic mass is 10.3. The maximum absolute atomic E-state index is 11.5. The van der Waals surface area contributed by atoms with Crippen molar-refractivity contribution in [2.45, 2.75) is 89.3 Å². The molecule has 9 aromatic rings. The van der Waals surface area contributed by atoms with Gasteiger partial charge in [-0.1, -0.05) is 17.8 Å². The zero-order valence-corrected chi connectivity index (χ0v) is 43.3. The van der Waals surface area contributed by atoms with Gasteiger partial charge in [-0.3, -0.25) is 20.1 Å². The van der Waals surface area contributed by atoms with Crippen LogP contribution in [0.3, 0.4) is 0 Å². The van der Waals surface area contributed by atoms with Crippen LogP contribution in [0, 0.1) is 37.0 Å². The van der Waals surface area contributed by atoms with Crippen molar-refractivity contribution in [3.05, 3.63) is 122 Å². The number of nitrogens with one attached hydrogen (secondary N) is 6. The highest BCUT2D eigenvalue weighted by molar-refractivity contribution is 7.17. The SMILES string of the molecule is C#Cc1cnc(-c2ccc(C(C)=O)s2)nc1Nc1cc(C2CC2)[nH]n1.C#Cc1cnc(-c2ccc([C@@H](C)O)s2)nc1Nc1cc(C2CC2)[nH]n1.C#Cc1cnc(-c2ccc([C@H](C)O)s2)nc1Nc1cc(C2CC2)[nH]n1. The van der Waals surface area contributed by atoms with Crippen molar-refractivity contribution in [3.8, 4) is 69.1 Å². The number of aliphatic hydroxyl groups is 2. The van der Waals surface area contributed by atoms with Crippen LogP contribution >= 0.6 is 34.0 Å². The van der Waals surface area contributed by atoms with Crippen LogP contribution in [0.5, 0.6) is 0 Å². The van der Waals surface area contributed by atoms with Gasteiger partial charge in [-0.05, 0) is 95.7 Å². The lowest BCUT2D eigenvalue weighted by Crippen LogP contribution is -2.00. The molecule has 0 aromatic carbocycles. The van der Waals surface area contributed by atoms with Gasteiger partial charge in [0.15, 0.2) is 58.2 Å². The molecule has 0 unspecified atom stereocenters. The number of thiophene rings is 3. The summed E-state index contributed by atoms with van der Waals surface area (Å²) >= 11 is 4.29. The van der Waals surface area contributed by atoms with Gasteiger partial charge >= 0.3 is 0 Å².